The maximum absolute atomic E-state index is 14.0. The SMILES string of the molecule is COc1ccc(C(OCC23CO[C@H]([C@H](n4ccc(NC(=O)c5ccccc5)nc4=O)O2)[C@@]3(C)OP(OCCC#N)N(C(C)C)C(C)C)(c2ccccc2)c2ccc(OC)cc2)cc1. The van der Waals surface area contributed by atoms with Gasteiger partial charge in [0.15, 0.2) is 6.23 Å². The van der Waals surface area contributed by atoms with Gasteiger partial charge in [-0.15, -0.1) is 0 Å². The highest BCUT2D eigenvalue weighted by Crippen LogP contribution is 2.61. The molecule has 330 valence electrons. The number of nitriles is 1. The minimum atomic E-state index is -1.85. The van der Waals surface area contributed by atoms with Crippen molar-refractivity contribution in [2.24, 2.45) is 0 Å². The van der Waals surface area contributed by atoms with Crippen LogP contribution in [0.3, 0.4) is 0 Å². The highest BCUT2D eigenvalue weighted by molar-refractivity contribution is 7.44. The molecule has 2 aliphatic heterocycles. The molecule has 0 radical (unpaired) electrons. The molecular formula is C48H54N5O9P. The molecule has 2 fully saturated rings. The summed E-state index contributed by atoms with van der Waals surface area (Å²) < 4.78 is 49.7. The summed E-state index contributed by atoms with van der Waals surface area (Å²) in [5.74, 6) is 1.03. The van der Waals surface area contributed by atoms with E-state index in [0.717, 1.165) is 16.7 Å². The number of anilines is 1. The second-order valence-corrected chi connectivity index (χ2v) is 17.5. The molecule has 2 saturated heterocycles. The first kappa shape index (κ1) is 45.5. The second kappa shape index (κ2) is 19.5. The Labute approximate surface area is 369 Å². The van der Waals surface area contributed by atoms with E-state index in [1.54, 1.807) is 44.6 Å². The van der Waals surface area contributed by atoms with Gasteiger partial charge in [0, 0.05) is 23.8 Å². The first-order valence-corrected chi connectivity index (χ1v) is 22.0. The van der Waals surface area contributed by atoms with Crippen molar-refractivity contribution in [2.75, 3.05) is 39.4 Å². The van der Waals surface area contributed by atoms with Gasteiger partial charge in [0.1, 0.15) is 40.2 Å². The molecule has 0 spiro atoms. The zero-order valence-electron chi connectivity index (χ0n) is 36.6. The number of amides is 1. The van der Waals surface area contributed by atoms with Crippen molar-refractivity contribution in [3.05, 3.63) is 154 Å². The van der Waals surface area contributed by atoms with Crippen LogP contribution in [-0.2, 0) is 28.9 Å². The normalized spacial score (nSPS) is 21.1. The number of nitrogens with zero attached hydrogens (tertiary/aromatic N) is 4. The Balaban J connectivity index is 1.34. The number of nitrogens with one attached hydrogen (secondary N) is 1. The molecule has 5 aromatic rings. The summed E-state index contributed by atoms with van der Waals surface area (Å²) in [5, 5.41) is 12.2. The Bertz CT molecular complexity index is 2360. The average Bonchev–Trinajstić information content (AvgIpc) is 3.69. The fourth-order valence-electron chi connectivity index (χ4n) is 8.34. The van der Waals surface area contributed by atoms with E-state index in [-0.39, 0.29) is 44.1 Å². The van der Waals surface area contributed by atoms with E-state index in [1.807, 2.05) is 91.9 Å². The maximum atomic E-state index is 14.0. The van der Waals surface area contributed by atoms with Crippen molar-refractivity contribution in [1.29, 1.82) is 5.26 Å². The monoisotopic (exact) mass is 875 g/mol. The van der Waals surface area contributed by atoms with Crippen molar-refractivity contribution in [2.45, 2.75) is 82.3 Å². The number of rotatable bonds is 19. The Hall–Kier alpha value is -5.49. The molecule has 1 aromatic heterocycles. The first-order valence-electron chi connectivity index (χ1n) is 20.9. The molecule has 1 amide bonds. The van der Waals surface area contributed by atoms with Gasteiger partial charge in [0.05, 0.1) is 46.5 Å². The first-order chi connectivity index (χ1) is 30.4. The van der Waals surface area contributed by atoms with Gasteiger partial charge in [0.2, 0.25) is 0 Å². The predicted octanol–water partition coefficient (Wildman–Crippen LogP) is 8.24. The minimum absolute atomic E-state index is 0.00739. The molecule has 3 heterocycles. The number of fused-ring (bicyclic) bond motifs is 2. The summed E-state index contributed by atoms with van der Waals surface area (Å²) in [6, 6.07) is 37.8. The quantitative estimate of drug-likeness (QED) is 0.0483. The van der Waals surface area contributed by atoms with Gasteiger partial charge in [-0.1, -0.05) is 72.8 Å². The van der Waals surface area contributed by atoms with Crippen LogP contribution in [0.15, 0.2) is 126 Å². The molecule has 1 N–H and O–H groups in total. The van der Waals surface area contributed by atoms with Crippen LogP contribution in [0, 0.1) is 11.3 Å². The van der Waals surface area contributed by atoms with Crippen molar-refractivity contribution < 1.29 is 37.5 Å². The van der Waals surface area contributed by atoms with Gasteiger partial charge in [-0.05, 0) is 93.8 Å². The van der Waals surface area contributed by atoms with E-state index in [4.69, 9.17) is 32.7 Å². The van der Waals surface area contributed by atoms with Gasteiger partial charge >= 0.3 is 5.69 Å². The van der Waals surface area contributed by atoms with E-state index >= 15 is 0 Å². The molecule has 2 unspecified atom stereocenters. The second-order valence-electron chi connectivity index (χ2n) is 16.1. The molecule has 4 aromatic carbocycles. The zero-order chi connectivity index (χ0) is 44.8. The van der Waals surface area contributed by atoms with Crippen LogP contribution in [0.2, 0.25) is 0 Å². The Morgan fingerprint density at radius 3 is 2.02 bits per heavy atom. The number of hydrogen-bond acceptors (Lipinski definition) is 12. The lowest BCUT2D eigenvalue weighted by molar-refractivity contribution is -0.208. The number of aromatic nitrogens is 2. The number of benzene rings is 4. The fraction of sp³-hybridized carbons (Fsp3) is 0.375. The lowest BCUT2D eigenvalue weighted by Gasteiger charge is -2.44. The lowest BCUT2D eigenvalue weighted by atomic mass is 9.79. The lowest BCUT2D eigenvalue weighted by Crippen LogP contribution is -2.56. The standard InChI is InChI=1S/C48H54N5O9P/c1-33(2)53(34(3)4)63(60-30-14-28-49)62-46(5)42-44(52-29-27-41(51-45(52)55)50-43(54)35-15-10-8-11-16-35)61-47(46,31-58-42)32-59-48(36-17-12-9-13-18-36,37-19-23-39(56-6)24-20-37)38-21-25-40(57-7)26-22-38/h8-13,15-27,29,33-34,42,44H,14,30-32H2,1-7H3,(H,50,51,54,55)/t42-,44-,46-,47?,63?/m1/s1. The van der Waals surface area contributed by atoms with Gasteiger partial charge in [-0.2, -0.15) is 10.2 Å². The van der Waals surface area contributed by atoms with Crippen LogP contribution in [0.5, 0.6) is 11.5 Å². The Kier molecular flexibility index (Phi) is 14.1. The third-order valence-corrected chi connectivity index (χ3v) is 13.8. The zero-order valence-corrected chi connectivity index (χ0v) is 37.5. The highest BCUT2D eigenvalue weighted by atomic mass is 31.2. The molecular weight excluding hydrogens is 822 g/mol. The molecule has 0 aliphatic carbocycles. The largest absolute Gasteiger partial charge is 0.497 e. The third kappa shape index (κ3) is 9.01. The van der Waals surface area contributed by atoms with Crippen molar-refractivity contribution in [3.8, 4) is 17.6 Å². The van der Waals surface area contributed by atoms with E-state index in [9.17, 15) is 14.9 Å². The average molecular weight is 876 g/mol. The predicted molar refractivity (Wildman–Crippen MR) is 238 cm³/mol. The summed E-state index contributed by atoms with van der Waals surface area (Å²) in [7, 11) is 1.40. The van der Waals surface area contributed by atoms with Crippen LogP contribution in [0.4, 0.5) is 5.82 Å². The summed E-state index contributed by atoms with van der Waals surface area (Å²) in [6.45, 7) is 10.2. The van der Waals surface area contributed by atoms with Crippen LogP contribution in [-0.4, -0.2) is 83.6 Å². The number of carbonyl (C=O) groups is 1. The Morgan fingerprint density at radius 1 is 0.905 bits per heavy atom. The number of methoxy groups -OCH3 is 2. The van der Waals surface area contributed by atoms with Gasteiger partial charge < -0.3 is 38.0 Å². The summed E-state index contributed by atoms with van der Waals surface area (Å²) in [5.41, 5.74) is -1.71. The van der Waals surface area contributed by atoms with Crippen LogP contribution in [0.1, 0.15) is 74.3 Å². The number of ether oxygens (including phenoxy) is 5. The van der Waals surface area contributed by atoms with E-state index in [1.165, 1.54) is 10.8 Å². The summed E-state index contributed by atoms with van der Waals surface area (Å²) in [6.07, 6.45) is -0.219. The summed E-state index contributed by atoms with van der Waals surface area (Å²) in [4.78, 5) is 31.2. The van der Waals surface area contributed by atoms with Crippen LogP contribution in [0.25, 0.3) is 0 Å². The number of hydrogen-bond donors (Lipinski definition) is 1. The smallest absolute Gasteiger partial charge is 0.351 e. The van der Waals surface area contributed by atoms with Crippen molar-refractivity contribution in [1.82, 2.24) is 14.2 Å². The fourth-order valence-corrected chi connectivity index (χ4v) is 10.2. The van der Waals surface area contributed by atoms with Gasteiger partial charge in [0.25, 0.3) is 14.4 Å². The van der Waals surface area contributed by atoms with Gasteiger partial charge in [-0.25, -0.2) is 9.46 Å². The molecule has 15 heteroatoms. The van der Waals surface area contributed by atoms with Crippen LogP contribution < -0.4 is 20.5 Å². The molecule has 2 aliphatic rings. The van der Waals surface area contributed by atoms with Crippen LogP contribution >= 0.6 is 8.53 Å². The Morgan fingerprint density at radius 2 is 1.48 bits per heavy atom. The highest BCUT2D eigenvalue weighted by Gasteiger charge is 2.72. The van der Waals surface area contributed by atoms with Crippen molar-refractivity contribution in [3.63, 3.8) is 0 Å². The molecule has 7 rings (SSSR count). The number of carbonyl (C=O) groups excluding carboxylic acids is 1. The molecule has 2 bridgehead atoms. The summed E-state index contributed by atoms with van der Waals surface area (Å²) >= 11 is 0. The van der Waals surface area contributed by atoms with Crippen molar-refractivity contribution >= 4 is 20.3 Å². The van der Waals surface area contributed by atoms with E-state index in [2.05, 4.69) is 48.7 Å². The third-order valence-electron chi connectivity index (χ3n) is 11.6. The molecule has 0 saturated carbocycles. The molecule has 14 nitrogen and oxygen atoms in total. The van der Waals surface area contributed by atoms with E-state index in [0.29, 0.717) is 17.1 Å². The van der Waals surface area contributed by atoms with Gasteiger partial charge in [-0.3, -0.25) is 9.36 Å². The topological polar surface area (TPSA) is 156 Å². The minimum Gasteiger partial charge on any atom is -0.497 e. The maximum Gasteiger partial charge on any atom is 0.351 e. The molecule has 5 atom stereocenters. The molecule has 63 heavy (non-hydrogen) atoms. The van der Waals surface area contributed by atoms with E-state index < -0.39 is 49.3 Å².